The first-order chi connectivity index (χ1) is 9.24. The largest absolute Gasteiger partial charge is 0.375 e. The zero-order valence-electron chi connectivity index (χ0n) is 10.2. The predicted molar refractivity (Wildman–Crippen MR) is 75.3 cm³/mol. The van der Waals surface area contributed by atoms with E-state index >= 15 is 0 Å². The van der Waals surface area contributed by atoms with Crippen molar-refractivity contribution in [3.05, 3.63) is 65.2 Å². The van der Waals surface area contributed by atoms with E-state index in [1.807, 2.05) is 18.2 Å². The van der Waals surface area contributed by atoms with E-state index in [4.69, 9.17) is 0 Å². The summed E-state index contributed by atoms with van der Waals surface area (Å²) in [4.78, 5) is 0. The molecule has 0 radical (unpaired) electrons. The highest BCUT2D eigenvalue weighted by Gasteiger charge is 2.20. The lowest BCUT2D eigenvalue weighted by Crippen LogP contribution is -2.19. The van der Waals surface area contributed by atoms with E-state index in [0.717, 1.165) is 23.6 Å². The first kappa shape index (κ1) is 12.5. The summed E-state index contributed by atoms with van der Waals surface area (Å²) < 4.78 is 26.9. The van der Waals surface area contributed by atoms with Crippen LogP contribution in [0.15, 0.2) is 42.5 Å². The summed E-state index contributed by atoms with van der Waals surface area (Å²) in [5, 5.41) is 3.11. The van der Waals surface area contributed by atoms with E-state index in [1.165, 1.54) is 17.2 Å². The molecule has 0 saturated heterocycles. The first-order valence-corrected chi connectivity index (χ1v) is 7.26. The standard InChI is InChI=1S/C15H13F2NS/c16-11-5-6-13(17)14(7-11)18-15-9-19-8-10-3-1-2-4-12(10)15/h1-7,15,18H,8-9H2. The Morgan fingerprint density at radius 3 is 2.84 bits per heavy atom. The van der Waals surface area contributed by atoms with Gasteiger partial charge in [0.15, 0.2) is 0 Å². The quantitative estimate of drug-likeness (QED) is 0.875. The third-order valence-corrected chi connectivity index (χ3v) is 4.31. The van der Waals surface area contributed by atoms with Crippen LogP contribution in [-0.2, 0) is 5.75 Å². The molecule has 2 aromatic rings. The monoisotopic (exact) mass is 277 g/mol. The van der Waals surface area contributed by atoms with Crippen molar-refractivity contribution in [1.82, 2.24) is 0 Å². The maximum Gasteiger partial charge on any atom is 0.146 e. The number of halogens is 2. The van der Waals surface area contributed by atoms with Gasteiger partial charge >= 0.3 is 0 Å². The summed E-state index contributed by atoms with van der Waals surface area (Å²) >= 11 is 1.80. The number of thioether (sulfide) groups is 1. The molecule has 3 rings (SSSR count). The van der Waals surface area contributed by atoms with Crippen molar-refractivity contribution in [2.45, 2.75) is 11.8 Å². The Labute approximate surface area is 115 Å². The van der Waals surface area contributed by atoms with Gasteiger partial charge in [-0.3, -0.25) is 0 Å². The molecular formula is C15H13F2NS. The molecule has 4 heteroatoms. The molecule has 0 amide bonds. The summed E-state index contributed by atoms with van der Waals surface area (Å²) in [5.41, 5.74) is 2.65. The lowest BCUT2D eigenvalue weighted by Gasteiger charge is -2.27. The highest BCUT2D eigenvalue weighted by molar-refractivity contribution is 7.98. The summed E-state index contributed by atoms with van der Waals surface area (Å²) in [5.74, 6) is 0.975. The van der Waals surface area contributed by atoms with Gasteiger partial charge in [0, 0.05) is 11.5 Å². The number of anilines is 1. The normalized spacial score (nSPS) is 17.9. The minimum absolute atomic E-state index is 0.0197. The molecule has 0 aliphatic carbocycles. The predicted octanol–water partition coefficient (Wildman–Crippen LogP) is 4.36. The van der Waals surface area contributed by atoms with Gasteiger partial charge in [0.2, 0.25) is 0 Å². The fourth-order valence-corrected chi connectivity index (χ4v) is 3.40. The van der Waals surface area contributed by atoms with Crippen molar-refractivity contribution in [3.8, 4) is 0 Å². The van der Waals surface area contributed by atoms with Crippen LogP contribution in [0, 0.1) is 11.6 Å². The topological polar surface area (TPSA) is 12.0 Å². The van der Waals surface area contributed by atoms with Gasteiger partial charge in [-0.1, -0.05) is 24.3 Å². The van der Waals surface area contributed by atoms with Gasteiger partial charge in [-0.15, -0.1) is 0 Å². The third-order valence-electron chi connectivity index (χ3n) is 3.23. The molecule has 0 spiro atoms. The van der Waals surface area contributed by atoms with Gasteiger partial charge in [-0.2, -0.15) is 11.8 Å². The molecule has 2 aromatic carbocycles. The highest BCUT2D eigenvalue weighted by atomic mass is 32.2. The summed E-state index contributed by atoms with van der Waals surface area (Å²) in [6.45, 7) is 0. The van der Waals surface area contributed by atoms with Gasteiger partial charge in [-0.05, 0) is 29.3 Å². The Hall–Kier alpha value is -1.55. The Kier molecular flexibility index (Phi) is 3.42. The van der Waals surface area contributed by atoms with E-state index in [2.05, 4.69) is 11.4 Å². The van der Waals surface area contributed by atoms with Crippen molar-refractivity contribution in [3.63, 3.8) is 0 Å². The lowest BCUT2D eigenvalue weighted by atomic mass is 10.0. The van der Waals surface area contributed by atoms with E-state index in [1.54, 1.807) is 11.8 Å². The second-order valence-corrected chi connectivity index (χ2v) is 5.57. The SMILES string of the molecule is Fc1ccc(F)c(NC2CSCc3ccccc32)c1. The molecule has 1 N–H and O–H groups in total. The zero-order chi connectivity index (χ0) is 13.2. The molecule has 1 aliphatic heterocycles. The van der Waals surface area contributed by atoms with Crippen LogP contribution in [0.4, 0.5) is 14.5 Å². The summed E-state index contributed by atoms with van der Waals surface area (Å²) in [6.07, 6.45) is 0. The molecule has 1 aliphatic rings. The molecule has 1 unspecified atom stereocenters. The Morgan fingerprint density at radius 1 is 1.11 bits per heavy atom. The van der Waals surface area contributed by atoms with E-state index in [0.29, 0.717) is 0 Å². The van der Waals surface area contributed by atoms with Crippen LogP contribution < -0.4 is 5.32 Å². The van der Waals surface area contributed by atoms with Crippen LogP contribution in [0.3, 0.4) is 0 Å². The minimum atomic E-state index is -0.430. The molecule has 1 nitrogen and oxygen atoms in total. The van der Waals surface area contributed by atoms with Crippen molar-refractivity contribution < 1.29 is 8.78 Å². The smallest absolute Gasteiger partial charge is 0.146 e. The van der Waals surface area contributed by atoms with E-state index < -0.39 is 11.6 Å². The van der Waals surface area contributed by atoms with Crippen LogP contribution in [0.5, 0.6) is 0 Å². The second kappa shape index (κ2) is 5.21. The molecule has 0 aromatic heterocycles. The van der Waals surface area contributed by atoms with Gasteiger partial charge in [0.25, 0.3) is 0 Å². The number of nitrogens with one attached hydrogen (secondary N) is 1. The summed E-state index contributed by atoms with van der Waals surface area (Å²) in [7, 11) is 0. The maximum atomic E-state index is 13.7. The van der Waals surface area contributed by atoms with E-state index in [-0.39, 0.29) is 11.7 Å². The minimum Gasteiger partial charge on any atom is -0.375 e. The van der Waals surface area contributed by atoms with Crippen LogP contribution in [0.1, 0.15) is 17.2 Å². The molecule has 0 bridgehead atoms. The number of benzene rings is 2. The van der Waals surface area contributed by atoms with Gasteiger partial charge < -0.3 is 5.32 Å². The number of rotatable bonds is 2. The second-order valence-electron chi connectivity index (χ2n) is 4.54. The zero-order valence-corrected chi connectivity index (χ0v) is 11.0. The summed E-state index contributed by atoms with van der Waals surface area (Å²) in [6, 6.07) is 11.6. The number of hydrogen-bond acceptors (Lipinski definition) is 2. The molecule has 98 valence electrons. The maximum absolute atomic E-state index is 13.7. The lowest BCUT2D eigenvalue weighted by molar-refractivity contribution is 0.600. The molecule has 1 atom stereocenters. The van der Waals surface area contributed by atoms with Crippen molar-refractivity contribution in [2.24, 2.45) is 0 Å². The molecule has 1 heterocycles. The fourth-order valence-electron chi connectivity index (χ4n) is 2.30. The molecule has 0 saturated carbocycles. The fraction of sp³-hybridized carbons (Fsp3) is 0.200. The van der Waals surface area contributed by atoms with Gasteiger partial charge in [0.05, 0.1) is 11.7 Å². The third kappa shape index (κ3) is 2.59. The van der Waals surface area contributed by atoms with Crippen LogP contribution in [0.25, 0.3) is 0 Å². The Bertz CT molecular complexity index is 600. The first-order valence-electron chi connectivity index (χ1n) is 6.11. The van der Waals surface area contributed by atoms with Crippen molar-refractivity contribution in [1.29, 1.82) is 0 Å². The Morgan fingerprint density at radius 2 is 1.95 bits per heavy atom. The van der Waals surface area contributed by atoms with Crippen molar-refractivity contribution >= 4 is 17.4 Å². The van der Waals surface area contributed by atoms with Crippen LogP contribution in [-0.4, -0.2) is 5.75 Å². The van der Waals surface area contributed by atoms with Crippen LogP contribution in [0.2, 0.25) is 0 Å². The molecular weight excluding hydrogens is 264 g/mol. The average molecular weight is 277 g/mol. The van der Waals surface area contributed by atoms with E-state index in [9.17, 15) is 8.78 Å². The van der Waals surface area contributed by atoms with Gasteiger partial charge in [-0.25, -0.2) is 8.78 Å². The van der Waals surface area contributed by atoms with Crippen LogP contribution >= 0.6 is 11.8 Å². The average Bonchev–Trinajstić information content (AvgIpc) is 2.43. The number of fused-ring (bicyclic) bond motifs is 1. The highest BCUT2D eigenvalue weighted by Crippen LogP contribution is 2.34. The Balaban J connectivity index is 1.90. The number of hydrogen-bond donors (Lipinski definition) is 1. The molecule has 19 heavy (non-hydrogen) atoms. The van der Waals surface area contributed by atoms with Crippen molar-refractivity contribution in [2.75, 3.05) is 11.1 Å². The van der Waals surface area contributed by atoms with Gasteiger partial charge in [0.1, 0.15) is 11.6 Å². The molecule has 0 fully saturated rings.